The molecule has 1 aromatic carbocycles. The van der Waals surface area contributed by atoms with E-state index in [9.17, 15) is 4.39 Å². The molecule has 0 unspecified atom stereocenters. The number of halogens is 1. The number of benzene rings is 1. The maximum Gasteiger partial charge on any atom is 0.162 e. The van der Waals surface area contributed by atoms with Crippen molar-refractivity contribution in [2.45, 2.75) is 6.42 Å². The average molecular weight is 247 g/mol. The minimum Gasteiger partial charge on any atom is -0.496 e. The predicted molar refractivity (Wildman–Crippen MR) is 66.7 cm³/mol. The van der Waals surface area contributed by atoms with E-state index < -0.39 is 0 Å². The highest BCUT2D eigenvalue weighted by Gasteiger charge is 2.09. The molecule has 0 atom stereocenters. The number of nitrogens with zero attached hydrogens (tertiary/aromatic N) is 2. The summed E-state index contributed by atoms with van der Waals surface area (Å²) in [5.74, 6) is 0.635. The van der Waals surface area contributed by atoms with Gasteiger partial charge in [0, 0.05) is 12.4 Å². The van der Waals surface area contributed by atoms with Crippen LogP contribution in [0.15, 0.2) is 30.6 Å². The maximum absolute atomic E-state index is 13.2. The first-order valence-electron chi connectivity index (χ1n) is 5.59. The van der Waals surface area contributed by atoms with Gasteiger partial charge < -0.3 is 10.5 Å². The van der Waals surface area contributed by atoms with E-state index in [4.69, 9.17) is 10.5 Å². The van der Waals surface area contributed by atoms with Crippen molar-refractivity contribution in [2.24, 2.45) is 5.73 Å². The van der Waals surface area contributed by atoms with E-state index >= 15 is 0 Å². The molecule has 0 fully saturated rings. The van der Waals surface area contributed by atoms with E-state index in [2.05, 4.69) is 9.97 Å². The van der Waals surface area contributed by atoms with Gasteiger partial charge in [0.25, 0.3) is 0 Å². The van der Waals surface area contributed by atoms with Crippen LogP contribution in [0, 0.1) is 5.82 Å². The number of ether oxygens (including phenoxy) is 1. The second-order valence-electron chi connectivity index (χ2n) is 3.80. The highest BCUT2D eigenvalue weighted by Crippen LogP contribution is 2.27. The highest BCUT2D eigenvalue weighted by molar-refractivity contribution is 5.63. The van der Waals surface area contributed by atoms with Gasteiger partial charge in [0.05, 0.1) is 12.7 Å². The largest absolute Gasteiger partial charge is 0.496 e. The first kappa shape index (κ1) is 12.4. The summed E-state index contributed by atoms with van der Waals surface area (Å²) in [5, 5.41) is 0. The summed E-state index contributed by atoms with van der Waals surface area (Å²) in [6, 6.07) is 4.25. The quantitative estimate of drug-likeness (QED) is 0.894. The molecule has 0 radical (unpaired) electrons. The first-order chi connectivity index (χ1) is 8.74. The molecule has 94 valence electrons. The third kappa shape index (κ3) is 2.62. The van der Waals surface area contributed by atoms with Crippen molar-refractivity contribution in [1.29, 1.82) is 0 Å². The van der Waals surface area contributed by atoms with Gasteiger partial charge in [-0.25, -0.2) is 14.4 Å². The zero-order chi connectivity index (χ0) is 13.0. The Morgan fingerprint density at radius 1 is 1.28 bits per heavy atom. The molecule has 2 rings (SSSR count). The second-order valence-corrected chi connectivity index (χ2v) is 3.80. The van der Waals surface area contributed by atoms with Gasteiger partial charge in [-0.15, -0.1) is 0 Å². The summed E-state index contributed by atoms with van der Waals surface area (Å²) in [7, 11) is 1.53. The van der Waals surface area contributed by atoms with Crippen LogP contribution < -0.4 is 10.5 Å². The SMILES string of the molecule is COc1ccc(F)cc1-c1ncc(CCN)cn1. The number of hydrogen-bond donors (Lipinski definition) is 1. The standard InChI is InChI=1S/C13H14FN3O/c1-18-12-3-2-10(14)6-11(12)13-16-7-9(4-5-15)8-17-13/h2-3,6-8H,4-5,15H2,1H3. The van der Waals surface area contributed by atoms with E-state index in [1.807, 2.05) is 0 Å². The average Bonchev–Trinajstić information content (AvgIpc) is 2.40. The molecular formula is C13H14FN3O. The molecule has 0 saturated heterocycles. The molecule has 0 aliphatic carbocycles. The molecule has 1 heterocycles. The normalized spacial score (nSPS) is 10.4. The van der Waals surface area contributed by atoms with E-state index in [0.29, 0.717) is 23.7 Å². The first-order valence-corrected chi connectivity index (χ1v) is 5.59. The Hall–Kier alpha value is -2.01. The van der Waals surface area contributed by atoms with Crippen LogP contribution in [0.2, 0.25) is 0 Å². The Bertz CT molecular complexity index is 528. The van der Waals surface area contributed by atoms with Crippen LogP contribution in [0.25, 0.3) is 11.4 Å². The summed E-state index contributed by atoms with van der Waals surface area (Å²) >= 11 is 0. The zero-order valence-electron chi connectivity index (χ0n) is 10.1. The van der Waals surface area contributed by atoms with Gasteiger partial charge in [-0.1, -0.05) is 0 Å². The molecule has 0 amide bonds. The van der Waals surface area contributed by atoms with Gasteiger partial charge in [0.15, 0.2) is 5.82 Å². The van der Waals surface area contributed by atoms with Crippen LogP contribution in [0.4, 0.5) is 4.39 Å². The Kier molecular flexibility index (Phi) is 3.84. The molecular weight excluding hydrogens is 233 g/mol. The maximum atomic E-state index is 13.2. The minimum absolute atomic E-state index is 0.347. The lowest BCUT2D eigenvalue weighted by molar-refractivity contribution is 0.415. The Morgan fingerprint density at radius 2 is 2.00 bits per heavy atom. The second kappa shape index (κ2) is 5.55. The zero-order valence-corrected chi connectivity index (χ0v) is 10.1. The molecule has 0 bridgehead atoms. The van der Waals surface area contributed by atoms with Gasteiger partial charge in [-0.3, -0.25) is 0 Å². The highest BCUT2D eigenvalue weighted by atomic mass is 19.1. The topological polar surface area (TPSA) is 61.0 Å². The van der Waals surface area contributed by atoms with Gasteiger partial charge in [-0.05, 0) is 36.7 Å². The molecule has 4 nitrogen and oxygen atoms in total. The van der Waals surface area contributed by atoms with E-state index in [1.54, 1.807) is 18.5 Å². The summed E-state index contributed by atoms with van der Waals surface area (Å²) in [5.41, 5.74) is 6.94. The summed E-state index contributed by atoms with van der Waals surface area (Å²) in [6.07, 6.45) is 4.11. The molecule has 1 aromatic heterocycles. The van der Waals surface area contributed by atoms with Crippen molar-refractivity contribution in [2.75, 3.05) is 13.7 Å². The Labute approximate surface area is 105 Å². The van der Waals surface area contributed by atoms with Crippen LogP contribution in [0.3, 0.4) is 0 Å². The van der Waals surface area contributed by atoms with Crippen LogP contribution in [-0.4, -0.2) is 23.6 Å². The van der Waals surface area contributed by atoms with Crippen molar-refractivity contribution in [3.63, 3.8) is 0 Å². The molecule has 2 N–H and O–H groups in total. The van der Waals surface area contributed by atoms with Crippen molar-refractivity contribution in [3.05, 3.63) is 42.0 Å². The Morgan fingerprint density at radius 3 is 2.61 bits per heavy atom. The number of rotatable bonds is 4. The molecule has 0 spiro atoms. The van der Waals surface area contributed by atoms with E-state index in [0.717, 1.165) is 12.0 Å². The number of nitrogens with two attached hydrogens (primary N) is 1. The van der Waals surface area contributed by atoms with E-state index in [-0.39, 0.29) is 5.82 Å². The molecule has 0 aliphatic rings. The predicted octanol–water partition coefficient (Wildman–Crippen LogP) is 1.79. The number of methoxy groups -OCH3 is 1. The lowest BCUT2D eigenvalue weighted by Crippen LogP contribution is -2.04. The lowest BCUT2D eigenvalue weighted by Gasteiger charge is -2.07. The van der Waals surface area contributed by atoms with Crippen LogP contribution in [0.1, 0.15) is 5.56 Å². The minimum atomic E-state index is -0.347. The fourth-order valence-corrected chi connectivity index (χ4v) is 1.64. The molecule has 2 aromatic rings. The molecule has 0 aliphatic heterocycles. The van der Waals surface area contributed by atoms with Crippen LogP contribution >= 0.6 is 0 Å². The molecule has 18 heavy (non-hydrogen) atoms. The monoisotopic (exact) mass is 247 g/mol. The number of aromatic nitrogens is 2. The molecule has 5 heteroatoms. The fraction of sp³-hybridized carbons (Fsp3) is 0.231. The third-order valence-corrected chi connectivity index (χ3v) is 2.54. The summed E-state index contributed by atoms with van der Waals surface area (Å²) < 4.78 is 18.4. The fourth-order valence-electron chi connectivity index (χ4n) is 1.64. The summed E-state index contributed by atoms with van der Waals surface area (Å²) in [4.78, 5) is 8.41. The number of hydrogen-bond acceptors (Lipinski definition) is 4. The van der Waals surface area contributed by atoms with Crippen LogP contribution in [-0.2, 0) is 6.42 Å². The lowest BCUT2D eigenvalue weighted by atomic mass is 10.1. The van der Waals surface area contributed by atoms with E-state index in [1.165, 1.54) is 19.2 Å². The van der Waals surface area contributed by atoms with Crippen molar-refractivity contribution >= 4 is 0 Å². The smallest absolute Gasteiger partial charge is 0.162 e. The Balaban J connectivity index is 2.38. The van der Waals surface area contributed by atoms with Gasteiger partial charge in [0.2, 0.25) is 0 Å². The van der Waals surface area contributed by atoms with Gasteiger partial charge in [0.1, 0.15) is 11.6 Å². The van der Waals surface area contributed by atoms with Crippen molar-refractivity contribution in [3.8, 4) is 17.1 Å². The molecule has 0 saturated carbocycles. The van der Waals surface area contributed by atoms with Crippen LogP contribution in [0.5, 0.6) is 5.75 Å². The van der Waals surface area contributed by atoms with Gasteiger partial charge in [-0.2, -0.15) is 0 Å². The van der Waals surface area contributed by atoms with Crippen molar-refractivity contribution in [1.82, 2.24) is 9.97 Å². The summed E-state index contributed by atoms with van der Waals surface area (Å²) in [6.45, 7) is 0.548. The van der Waals surface area contributed by atoms with Gasteiger partial charge >= 0.3 is 0 Å². The third-order valence-electron chi connectivity index (χ3n) is 2.54. The van der Waals surface area contributed by atoms with Crippen molar-refractivity contribution < 1.29 is 9.13 Å².